The normalized spacial score (nSPS) is 20.4. The van der Waals surface area contributed by atoms with Gasteiger partial charge in [0.05, 0.1) is 19.4 Å². The molecule has 0 bridgehead atoms. The van der Waals surface area contributed by atoms with E-state index in [1.54, 1.807) is 6.07 Å². The number of carbonyl (C=O) groups excluding carboxylic acids is 1. The molecular weight excluding hydrogens is 256 g/mol. The maximum absolute atomic E-state index is 11.5. The molecule has 20 heavy (non-hydrogen) atoms. The second kappa shape index (κ2) is 7.36. The first kappa shape index (κ1) is 14.9. The number of carbonyl (C=O) groups is 1. The zero-order chi connectivity index (χ0) is 14.4. The Kier molecular flexibility index (Phi) is 5.49. The molecule has 0 aliphatic carbocycles. The fourth-order valence-corrected chi connectivity index (χ4v) is 2.65. The quantitative estimate of drug-likeness (QED) is 0.848. The summed E-state index contributed by atoms with van der Waals surface area (Å²) in [5.41, 5.74) is 1.17. The molecular formula is C15H22N2O3. The van der Waals surface area contributed by atoms with Crippen LogP contribution in [0.5, 0.6) is 0 Å². The topological polar surface area (TPSA) is 62.7 Å². The SMILES string of the molecule is COC(=O)c1cccc(CN2CCCCCC2CO)n1. The maximum Gasteiger partial charge on any atom is 0.356 e. The fraction of sp³-hybridized carbons (Fsp3) is 0.600. The lowest BCUT2D eigenvalue weighted by molar-refractivity contribution is 0.0593. The summed E-state index contributed by atoms with van der Waals surface area (Å²) < 4.78 is 4.69. The van der Waals surface area contributed by atoms with E-state index in [0.717, 1.165) is 31.5 Å². The van der Waals surface area contributed by atoms with Crippen molar-refractivity contribution < 1.29 is 14.6 Å². The van der Waals surface area contributed by atoms with Crippen LogP contribution < -0.4 is 0 Å². The summed E-state index contributed by atoms with van der Waals surface area (Å²) in [5.74, 6) is -0.415. The molecule has 5 nitrogen and oxygen atoms in total. The molecule has 0 aromatic carbocycles. The highest BCUT2D eigenvalue weighted by Gasteiger charge is 2.21. The van der Waals surface area contributed by atoms with Crippen LogP contribution in [0.3, 0.4) is 0 Å². The van der Waals surface area contributed by atoms with E-state index in [2.05, 4.69) is 14.6 Å². The van der Waals surface area contributed by atoms with Gasteiger partial charge in [-0.15, -0.1) is 0 Å². The van der Waals surface area contributed by atoms with Gasteiger partial charge in [-0.05, 0) is 31.5 Å². The Morgan fingerprint density at radius 2 is 2.30 bits per heavy atom. The van der Waals surface area contributed by atoms with Crippen molar-refractivity contribution in [1.29, 1.82) is 0 Å². The maximum atomic E-state index is 11.5. The predicted molar refractivity (Wildman–Crippen MR) is 75.3 cm³/mol. The summed E-state index contributed by atoms with van der Waals surface area (Å²) in [6, 6.07) is 5.58. The average Bonchev–Trinajstić information content (AvgIpc) is 2.71. The van der Waals surface area contributed by atoms with Crippen molar-refractivity contribution in [2.75, 3.05) is 20.3 Å². The van der Waals surface area contributed by atoms with E-state index in [4.69, 9.17) is 0 Å². The van der Waals surface area contributed by atoms with E-state index in [1.165, 1.54) is 13.5 Å². The van der Waals surface area contributed by atoms with Gasteiger partial charge in [-0.3, -0.25) is 4.90 Å². The third-order valence-electron chi connectivity index (χ3n) is 3.78. The molecule has 1 unspecified atom stereocenters. The van der Waals surface area contributed by atoms with Gasteiger partial charge in [-0.25, -0.2) is 9.78 Å². The molecule has 1 atom stereocenters. The minimum absolute atomic E-state index is 0.177. The van der Waals surface area contributed by atoms with Crippen LogP contribution in [0.15, 0.2) is 18.2 Å². The number of rotatable bonds is 4. The van der Waals surface area contributed by atoms with Gasteiger partial charge in [0.15, 0.2) is 0 Å². The molecule has 0 saturated carbocycles. The number of ether oxygens (including phenoxy) is 1. The van der Waals surface area contributed by atoms with Crippen LogP contribution in [-0.4, -0.2) is 47.3 Å². The Labute approximate surface area is 119 Å². The molecule has 1 aliphatic heterocycles. The van der Waals surface area contributed by atoms with Crippen molar-refractivity contribution in [2.24, 2.45) is 0 Å². The zero-order valence-corrected chi connectivity index (χ0v) is 11.9. The Morgan fingerprint density at radius 3 is 3.05 bits per heavy atom. The second-order valence-corrected chi connectivity index (χ2v) is 5.16. The summed E-state index contributed by atoms with van der Waals surface area (Å²) in [7, 11) is 1.35. The Bertz CT molecular complexity index is 450. The smallest absolute Gasteiger partial charge is 0.356 e. The van der Waals surface area contributed by atoms with Gasteiger partial charge in [0.2, 0.25) is 0 Å². The van der Waals surface area contributed by atoms with E-state index < -0.39 is 5.97 Å². The number of likely N-dealkylation sites (tertiary alicyclic amines) is 1. The van der Waals surface area contributed by atoms with Crippen molar-refractivity contribution in [2.45, 2.75) is 38.3 Å². The van der Waals surface area contributed by atoms with Crippen molar-refractivity contribution in [3.8, 4) is 0 Å². The molecule has 0 amide bonds. The van der Waals surface area contributed by atoms with Gasteiger partial charge in [-0.2, -0.15) is 0 Å². The van der Waals surface area contributed by atoms with Crippen molar-refractivity contribution in [3.63, 3.8) is 0 Å². The number of aromatic nitrogens is 1. The third kappa shape index (κ3) is 3.77. The van der Waals surface area contributed by atoms with Crippen LogP contribution in [0.4, 0.5) is 0 Å². The summed E-state index contributed by atoms with van der Waals surface area (Å²) in [6.07, 6.45) is 4.54. The molecule has 110 valence electrons. The van der Waals surface area contributed by atoms with E-state index in [1.807, 2.05) is 12.1 Å². The molecule has 1 saturated heterocycles. The van der Waals surface area contributed by atoms with Crippen LogP contribution in [0.2, 0.25) is 0 Å². The molecule has 2 heterocycles. The molecule has 1 aromatic heterocycles. The summed E-state index contributed by atoms with van der Waals surface area (Å²) in [5, 5.41) is 9.51. The third-order valence-corrected chi connectivity index (χ3v) is 3.78. The molecule has 0 spiro atoms. The van der Waals surface area contributed by atoms with Gasteiger partial charge in [0.1, 0.15) is 5.69 Å². The molecule has 1 fully saturated rings. The van der Waals surface area contributed by atoms with Crippen LogP contribution in [0.25, 0.3) is 0 Å². The Hall–Kier alpha value is -1.46. The van der Waals surface area contributed by atoms with Crippen LogP contribution in [-0.2, 0) is 11.3 Å². The lowest BCUT2D eigenvalue weighted by Gasteiger charge is -2.28. The minimum atomic E-state index is -0.415. The zero-order valence-electron chi connectivity index (χ0n) is 11.9. The predicted octanol–water partition coefficient (Wildman–Crippen LogP) is 1.61. The largest absolute Gasteiger partial charge is 0.464 e. The lowest BCUT2D eigenvalue weighted by atomic mass is 10.1. The highest BCUT2D eigenvalue weighted by atomic mass is 16.5. The van der Waals surface area contributed by atoms with Gasteiger partial charge in [-0.1, -0.05) is 18.9 Å². The number of hydrogen-bond acceptors (Lipinski definition) is 5. The van der Waals surface area contributed by atoms with Crippen molar-refractivity contribution in [3.05, 3.63) is 29.6 Å². The molecule has 0 radical (unpaired) electrons. The fourth-order valence-electron chi connectivity index (χ4n) is 2.65. The number of aliphatic hydroxyl groups is 1. The average molecular weight is 278 g/mol. The lowest BCUT2D eigenvalue weighted by Crippen LogP contribution is -2.37. The monoisotopic (exact) mass is 278 g/mol. The van der Waals surface area contributed by atoms with Crippen LogP contribution >= 0.6 is 0 Å². The van der Waals surface area contributed by atoms with Gasteiger partial charge < -0.3 is 9.84 Å². The first-order valence-electron chi connectivity index (χ1n) is 7.13. The Balaban J connectivity index is 2.09. The van der Waals surface area contributed by atoms with Crippen molar-refractivity contribution >= 4 is 5.97 Å². The highest BCUT2D eigenvalue weighted by molar-refractivity contribution is 5.87. The first-order chi connectivity index (χ1) is 9.74. The highest BCUT2D eigenvalue weighted by Crippen LogP contribution is 2.18. The van der Waals surface area contributed by atoms with E-state index >= 15 is 0 Å². The molecule has 1 aliphatic rings. The van der Waals surface area contributed by atoms with Gasteiger partial charge in [0.25, 0.3) is 0 Å². The summed E-state index contributed by atoms with van der Waals surface area (Å²) in [4.78, 5) is 18.1. The number of esters is 1. The number of methoxy groups -OCH3 is 1. The van der Waals surface area contributed by atoms with Crippen LogP contribution in [0.1, 0.15) is 41.9 Å². The molecule has 1 aromatic rings. The number of hydrogen-bond donors (Lipinski definition) is 1. The second-order valence-electron chi connectivity index (χ2n) is 5.16. The van der Waals surface area contributed by atoms with E-state index in [-0.39, 0.29) is 12.6 Å². The standard InChI is InChI=1S/C15H22N2O3/c1-20-15(19)14-8-5-6-12(16-14)10-17-9-4-2-3-7-13(17)11-18/h5-6,8,13,18H,2-4,7,9-11H2,1H3. The van der Waals surface area contributed by atoms with Crippen molar-refractivity contribution in [1.82, 2.24) is 9.88 Å². The minimum Gasteiger partial charge on any atom is -0.464 e. The first-order valence-corrected chi connectivity index (χ1v) is 7.13. The summed E-state index contributed by atoms with van der Waals surface area (Å²) in [6.45, 7) is 1.81. The number of aliphatic hydroxyl groups excluding tert-OH is 1. The Morgan fingerprint density at radius 1 is 1.45 bits per heavy atom. The van der Waals surface area contributed by atoms with E-state index in [9.17, 15) is 9.90 Å². The van der Waals surface area contributed by atoms with Gasteiger partial charge >= 0.3 is 5.97 Å². The number of pyridine rings is 1. The summed E-state index contributed by atoms with van der Waals surface area (Å²) >= 11 is 0. The molecule has 2 rings (SSSR count). The van der Waals surface area contributed by atoms with Gasteiger partial charge in [0, 0.05) is 12.6 Å². The van der Waals surface area contributed by atoms with Crippen LogP contribution in [0, 0.1) is 0 Å². The molecule has 1 N–H and O–H groups in total. The van der Waals surface area contributed by atoms with E-state index in [0.29, 0.717) is 12.2 Å². The number of nitrogens with zero attached hydrogens (tertiary/aromatic N) is 2. The molecule has 5 heteroatoms.